The molecule has 2 unspecified atom stereocenters. The Morgan fingerprint density at radius 1 is 1.05 bits per heavy atom. The molecular weight excluding hydrogens is 298 g/mol. The lowest BCUT2D eigenvalue weighted by Crippen LogP contribution is -2.28. The molecule has 3 nitrogen and oxygen atoms in total. The van der Waals surface area contributed by atoms with Gasteiger partial charge in [-0.15, -0.1) is 12.4 Å². The van der Waals surface area contributed by atoms with Crippen LogP contribution in [0.25, 0.3) is 11.1 Å². The van der Waals surface area contributed by atoms with E-state index >= 15 is 0 Å². The number of hydrogen-bond acceptors (Lipinski definition) is 2. The Bertz CT molecular complexity index is 584. The fourth-order valence-corrected chi connectivity index (χ4v) is 2.40. The first-order valence-electron chi connectivity index (χ1n) is 7.19. The molecule has 0 bridgehead atoms. The first kappa shape index (κ1) is 18.2. The van der Waals surface area contributed by atoms with Gasteiger partial charge in [0.1, 0.15) is 0 Å². The van der Waals surface area contributed by atoms with Crippen LogP contribution in [0.4, 0.5) is 0 Å². The van der Waals surface area contributed by atoms with Crippen LogP contribution < -0.4 is 5.73 Å². The van der Waals surface area contributed by atoms with Gasteiger partial charge in [-0.2, -0.15) is 0 Å². The second-order valence-electron chi connectivity index (χ2n) is 5.50. The number of aliphatic carboxylic acids is 1. The molecule has 0 radical (unpaired) electrons. The third kappa shape index (κ3) is 5.17. The average Bonchev–Trinajstić information content (AvgIpc) is 2.48. The molecule has 0 spiro atoms. The number of carboxylic acids is 1. The molecule has 0 saturated carbocycles. The van der Waals surface area contributed by atoms with Crippen molar-refractivity contribution >= 4 is 18.4 Å². The molecule has 0 aliphatic carbocycles. The summed E-state index contributed by atoms with van der Waals surface area (Å²) in [7, 11) is 0. The maximum absolute atomic E-state index is 10.8. The maximum Gasteiger partial charge on any atom is 0.306 e. The Hall–Kier alpha value is -1.84. The van der Waals surface area contributed by atoms with Crippen LogP contribution in [0.2, 0.25) is 0 Å². The number of carbonyl (C=O) groups is 1. The molecule has 118 valence electrons. The van der Waals surface area contributed by atoms with Gasteiger partial charge in [0.25, 0.3) is 0 Å². The molecular formula is C18H22ClNO2. The molecule has 2 aromatic carbocycles. The highest BCUT2D eigenvalue weighted by Gasteiger charge is 2.15. The number of carboxylic acid groups (broad SMARTS) is 1. The van der Waals surface area contributed by atoms with Gasteiger partial charge in [-0.3, -0.25) is 4.79 Å². The highest BCUT2D eigenvalue weighted by molar-refractivity contribution is 5.85. The van der Waals surface area contributed by atoms with Gasteiger partial charge in [-0.05, 0) is 29.5 Å². The van der Waals surface area contributed by atoms with E-state index in [4.69, 9.17) is 10.8 Å². The van der Waals surface area contributed by atoms with Crippen LogP contribution in [-0.4, -0.2) is 17.1 Å². The van der Waals surface area contributed by atoms with E-state index in [-0.39, 0.29) is 18.4 Å². The quantitative estimate of drug-likeness (QED) is 0.852. The van der Waals surface area contributed by atoms with Gasteiger partial charge >= 0.3 is 5.97 Å². The summed E-state index contributed by atoms with van der Waals surface area (Å²) in [5.41, 5.74) is 9.53. The Morgan fingerprint density at radius 2 is 1.59 bits per heavy atom. The van der Waals surface area contributed by atoms with E-state index in [0.29, 0.717) is 12.8 Å². The summed E-state index contributed by atoms with van der Waals surface area (Å²) in [6.45, 7) is 1.70. The Balaban J connectivity index is 0.00000242. The predicted octanol–water partition coefficient (Wildman–Crippen LogP) is 3.76. The fourth-order valence-electron chi connectivity index (χ4n) is 2.40. The topological polar surface area (TPSA) is 63.3 Å². The monoisotopic (exact) mass is 319 g/mol. The van der Waals surface area contributed by atoms with E-state index in [0.717, 1.165) is 5.56 Å². The molecule has 0 amide bonds. The number of halogens is 1. The van der Waals surface area contributed by atoms with Crippen molar-refractivity contribution in [2.24, 2.45) is 11.7 Å². The Morgan fingerprint density at radius 3 is 2.14 bits per heavy atom. The number of benzene rings is 2. The molecule has 0 aromatic heterocycles. The van der Waals surface area contributed by atoms with Crippen molar-refractivity contribution in [3.63, 3.8) is 0 Å². The zero-order valence-electron chi connectivity index (χ0n) is 12.6. The van der Waals surface area contributed by atoms with Gasteiger partial charge in [0.2, 0.25) is 0 Å². The minimum absolute atomic E-state index is 0. The van der Waals surface area contributed by atoms with Crippen molar-refractivity contribution in [2.45, 2.75) is 25.8 Å². The van der Waals surface area contributed by atoms with Crippen molar-refractivity contribution in [2.75, 3.05) is 0 Å². The predicted molar refractivity (Wildman–Crippen MR) is 92.2 cm³/mol. The zero-order valence-corrected chi connectivity index (χ0v) is 13.4. The maximum atomic E-state index is 10.8. The molecule has 0 saturated heterocycles. The summed E-state index contributed by atoms with van der Waals surface area (Å²) in [5.74, 6) is -1.19. The fraction of sp³-hybridized carbons (Fsp3) is 0.278. The number of rotatable bonds is 6. The highest BCUT2D eigenvalue weighted by Crippen LogP contribution is 2.20. The first-order chi connectivity index (χ1) is 10.1. The summed E-state index contributed by atoms with van der Waals surface area (Å²) in [5, 5.41) is 8.90. The lowest BCUT2D eigenvalue weighted by Gasteiger charge is -2.14. The van der Waals surface area contributed by atoms with E-state index in [9.17, 15) is 4.79 Å². The van der Waals surface area contributed by atoms with Gasteiger partial charge < -0.3 is 10.8 Å². The number of nitrogens with two attached hydrogens (primary N) is 1. The summed E-state index contributed by atoms with van der Waals surface area (Å²) >= 11 is 0. The lowest BCUT2D eigenvalue weighted by molar-refractivity contribution is -0.141. The first-order valence-corrected chi connectivity index (χ1v) is 7.19. The van der Waals surface area contributed by atoms with E-state index in [1.165, 1.54) is 11.1 Å². The Labute approximate surface area is 137 Å². The van der Waals surface area contributed by atoms with Crippen molar-refractivity contribution in [1.82, 2.24) is 0 Å². The molecule has 22 heavy (non-hydrogen) atoms. The third-order valence-electron chi connectivity index (χ3n) is 3.64. The van der Waals surface area contributed by atoms with E-state index in [1.54, 1.807) is 6.92 Å². The van der Waals surface area contributed by atoms with Crippen LogP contribution in [0, 0.1) is 5.92 Å². The summed E-state index contributed by atoms with van der Waals surface area (Å²) in [4.78, 5) is 10.8. The lowest BCUT2D eigenvalue weighted by atomic mass is 9.96. The van der Waals surface area contributed by atoms with E-state index < -0.39 is 11.9 Å². The van der Waals surface area contributed by atoms with Crippen molar-refractivity contribution in [1.29, 1.82) is 0 Å². The van der Waals surface area contributed by atoms with Crippen LogP contribution in [0.15, 0.2) is 54.6 Å². The van der Waals surface area contributed by atoms with E-state index in [1.807, 2.05) is 18.2 Å². The molecule has 0 heterocycles. The minimum atomic E-state index is -0.787. The molecule has 0 aliphatic heterocycles. The van der Waals surface area contributed by atoms with Gasteiger partial charge in [0.15, 0.2) is 0 Å². The molecule has 3 N–H and O–H groups in total. The van der Waals surface area contributed by atoms with Crippen LogP contribution in [0.1, 0.15) is 18.9 Å². The van der Waals surface area contributed by atoms with Gasteiger partial charge in [0.05, 0.1) is 5.92 Å². The zero-order chi connectivity index (χ0) is 15.2. The largest absolute Gasteiger partial charge is 0.481 e. The number of hydrogen-bond donors (Lipinski definition) is 2. The van der Waals surface area contributed by atoms with Crippen molar-refractivity contribution < 1.29 is 9.90 Å². The van der Waals surface area contributed by atoms with Crippen molar-refractivity contribution in [3.8, 4) is 11.1 Å². The molecule has 0 fully saturated rings. The normalized spacial score (nSPS) is 13.0. The van der Waals surface area contributed by atoms with E-state index in [2.05, 4.69) is 36.4 Å². The third-order valence-corrected chi connectivity index (χ3v) is 3.64. The van der Waals surface area contributed by atoms with Crippen LogP contribution >= 0.6 is 12.4 Å². The average molecular weight is 320 g/mol. The molecule has 2 rings (SSSR count). The highest BCUT2D eigenvalue weighted by atomic mass is 35.5. The standard InChI is InChI=1S/C18H21NO2.ClH/c1-13(18(20)21)11-17(19)12-14-7-9-16(10-8-14)15-5-3-2-4-6-15;/h2-10,13,17H,11-12,19H2,1H3,(H,20,21);1H. The molecule has 0 aliphatic rings. The summed E-state index contributed by atoms with van der Waals surface area (Å²) in [6.07, 6.45) is 1.20. The SMILES string of the molecule is CC(CC(N)Cc1ccc(-c2ccccc2)cc1)C(=O)O.Cl. The summed E-state index contributed by atoms with van der Waals surface area (Å²) < 4.78 is 0. The van der Waals surface area contributed by atoms with Crippen LogP contribution in [-0.2, 0) is 11.2 Å². The second kappa shape index (κ2) is 8.57. The van der Waals surface area contributed by atoms with Gasteiger partial charge in [0, 0.05) is 6.04 Å². The molecule has 4 heteroatoms. The van der Waals surface area contributed by atoms with Crippen LogP contribution in [0.3, 0.4) is 0 Å². The second-order valence-corrected chi connectivity index (χ2v) is 5.50. The van der Waals surface area contributed by atoms with Gasteiger partial charge in [-0.1, -0.05) is 61.5 Å². The summed E-state index contributed by atoms with van der Waals surface area (Å²) in [6, 6.07) is 18.4. The minimum Gasteiger partial charge on any atom is -0.481 e. The Kier molecular flexibility index (Phi) is 7.09. The van der Waals surface area contributed by atoms with Gasteiger partial charge in [-0.25, -0.2) is 0 Å². The molecule has 2 aromatic rings. The van der Waals surface area contributed by atoms with Crippen molar-refractivity contribution in [3.05, 3.63) is 60.2 Å². The smallest absolute Gasteiger partial charge is 0.306 e. The molecule has 2 atom stereocenters. The van der Waals surface area contributed by atoms with Crippen LogP contribution in [0.5, 0.6) is 0 Å².